The second-order valence-electron chi connectivity index (χ2n) is 2.81. The molecule has 0 radical (unpaired) electrons. The van der Waals surface area contributed by atoms with E-state index < -0.39 is 11.7 Å². The maximum atomic E-state index is 11.4. The van der Waals surface area contributed by atoms with Gasteiger partial charge in [-0.15, -0.1) is 0 Å². The number of carbonyl (C=O) groups is 1. The van der Waals surface area contributed by atoms with E-state index in [9.17, 15) is 9.90 Å². The fourth-order valence-electron chi connectivity index (χ4n) is 1.21. The number of methoxy groups -OCH3 is 3. The third-order valence-electron chi connectivity index (χ3n) is 2.00. The van der Waals surface area contributed by atoms with Crippen LogP contribution in [0.25, 0.3) is 0 Å². The van der Waals surface area contributed by atoms with Crippen molar-refractivity contribution in [2.75, 3.05) is 21.3 Å². The molecule has 0 aliphatic carbocycles. The van der Waals surface area contributed by atoms with Gasteiger partial charge in [-0.3, -0.25) is 0 Å². The minimum Gasteiger partial charge on any atom is -0.505 e. The Balaban J connectivity index is 3.47. The summed E-state index contributed by atoms with van der Waals surface area (Å²) in [5.41, 5.74) is -0.129. The molecule has 0 amide bonds. The van der Waals surface area contributed by atoms with Crippen molar-refractivity contribution in [2.24, 2.45) is 0 Å². The zero-order chi connectivity index (χ0) is 12.3. The Bertz CT molecular complexity index is 416. The number of benzene rings is 1. The molecular weight excluding hydrogens is 236 g/mol. The SMILES string of the molecule is COC(=O)c1c(OC)cc(OC)c(Cl)c1O. The van der Waals surface area contributed by atoms with Crippen molar-refractivity contribution in [2.45, 2.75) is 0 Å². The molecule has 0 spiro atoms. The molecule has 1 N–H and O–H groups in total. The van der Waals surface area contributed by atoms with Crippen molar-refractivity contribution in [3.05, 3.63) is 16.7 Å². The van der Waals surface area contributed by atoms with Gasteiger partial charge in [0.25, 0.3) is 0 Å². The second kappa shape index (κ2) is 4.94. The molecule has 1 aromatic carbocycles. The highest BCUT2D eigenvalue weighted by Crippen LogP contribution is 2.42. The van der Waals surface area contributed by atoms with E-state index in [1.165, 1.54) is 27.4 Å². The molecule has 0 aliphatic rings. The molecule has 0 saturated carbocycles. The summed E-state index contributed by atoms with van der Waals surface area (Å²) in [6.07, 6.45) is 0. The Kier molecular flexibility index (Phi) is 3.84. The molecule has 5 nitrogen and oxygen atoms in total. The van der Waals surface area contributed by atoms with Gasteiger partial charge < -0.3 is 19.3 Å². The van der Waals surface area contributed by atoms with Gasteiger partial charge in [-0.2, -0.15) is 0 Å². The molecule has 0 bridgehead atoms. The Morgan fingerprint density at radius 1 is 1.25 bits per heavy atom. The Morgan fingerprint density at radius 2 is 1.81 bits per heavy atom. The van der Waals surface area contributed by atoms with Crippen LogP contribution in [0.3, 0.4) is 0 Å². The third-order valence-corrected chi connectivity index (χ3v) is 2.36. The highest BCUT2D eigenvalue weighted by molar-refractivity contribution is 6.34. The molecule has 0 fully saturated rings. The summed E-state index contributed by atoms with van der Waals surface area (Å²) < 4.78 is 14.4. The van der Waals surface area contributed by atoms with Gasteiger partial charge in [-0.25, -0.2) is 4.79 Å². The minimum atomic E-state index is -0.737. The summed E-state index contributed by atoms with van der Waals surface area (Å²) in [6.45, 7) is 0. The molecule has 0 aromatic heterocycles. The van der Waals surface area contributed by atoms with Gasteiger partial charge in [0, 0.05) is 6.07 Å². The largest absolute Gasteiger partial charge is 0.505 e. The molecule has 0 saturated heterocycles. The van der Waals surface area contributed by atoms with Crippen LogP contribution < -0.4 is 9.47 Å². The predicted octanol–water partition coefficient (Wildman–Crippen LogP) is 1.85. The smallest absolute Gasteiger partial charge is 0.345 e. The summed E-state index contributed by atoms with van der Waals surface area (Å²) in [4.78, 5) is 11.4. The standard InChI is InChI=1S/C10H11ClO5/c1-14-5-4-6(15-2)8(11)9(12)7(5)10(13)16-3/h4,12H,1-3H3. The first-order valence-corrected chi connectivity index (χ1v) is 4.66. The van der Waals surface area contributed by atoms with Crippen LogP contribution in [-0.4, -0.2) is 32.4 Å². The van der Waals surface area contributed by atoms with Crippen LogP contribution in [0.4, 0.5) is 0 Å². The normalized spacial score (nSPS) is 9.75. The molecule has 0 heterocycles. The molecule has 16 heavy (non-hydrogen) atoms. The fraction of sp³-hybridized carbons (Fsp3) is 0.300. The van der Waals surface area contributed by atoms with E-state index in [1.54, 1.807) is 0 Å². The number of rotatable bonds is 3. The number of phenolic OH excluding ortho intramolecular Hbond substituents is 1. The lowest BCUT2D eigenvalue weighted by molar-refractivity contribution is 0.0593. The van der Waals surface area contributed by atoms with E-state index >= 15 is 0 Å². The number of phenols is 1. The van der Waals surface area contributed by atoms with Crippen molar-refractivity contribution in [1.29, 1.82) is 0 Å². The molecule has 1 aromatic rings. The molecular formula is C10H11ClO5. The van der Waals surface area contributed by atoms with Crippen molar-refractivity contribution >= 4 is 17.6 Å². The van der Waals surface area contributed by atoms with Gasteiger partial charge >= 0.3 is 5.97 Å². The van der Waals surface area contributed by atoms with Crippen LogP contribution >= 0.6 is 11.6 Å². The van der Waals surface area contributed by atoms with Crippen molar-refractivity contribution in [3.63, 3.8) is 0 Å². The Labute approximate surface area is 97.5 Å². The van der Waals surface area contributed by atoms with E-state index in [-0.39, 0.29) is 22.1 Å². The van der Waals surface area contributed by atoms with E-state index in [0.717, 1.165) is 0 Å². The quantitative estimate of drug-likeness (QED) is 0.825. The Morgan fingerprint density at radius 3 is 2.25 bits per heavy atom. The number of carbonyl (C=O) groups excluding carboxylic acids is 1. The first kappa shape index (κ1) is 12.4. The Hall–Kier alpha value is -1.62. The molecule has 0 aliphatic heterocycles. The minimum absolute atomic E-state index is 0.0660. The number of hydrogen-bond donors (Lipinski definition) is 1. The van der Waals surface area contributed by atoms with Crippen LogP contribution in [0.5, 0.6) is 17.2 Å². The van der Waals surface area contributed by atoms with Gasteiger partial charge in [0.1, 0.15) is 22.1 Å². The zero-order valence-electron chi connectivity index (χ0n) is 9.04. The van der Waals surface area contributed by atoms with Crippen LogP contribution in [0.2, 0.25) is 5.02 Å². The number of halogens is 1. The molecule has 1 rings (SSSR count). The average molecular weight is 247 g/mol. The number of aromatic hydroxyl groups is 1. The maximum Gasteiger partial charge on any atom is 0.345 e. The maximum absolute atomic E-state index is 11.4. The molecule has 0 unspecified atom stereocenters. The summed E-state index contributed by atoms with van der Waals surface area (Å²) in [5.74, 6) is -0.821. The summed E-state index contributed by atoms with van der Waals surface area (Å²) in [6, 6.07) is 1.40. The highest BCUT2D eigenvalue weighted by atomic mass is 35.5. The fourth-order valence-corrected chi connectivity index (χ4v) is 1.43. The summed E-state index contributed by atoms with van der Waals surface area (Å²) in [7, 11) is 3.94. The highest BCUT2D eigenvalue weighted by Gasteiger charge is 2.23. The van der Waals surface area contributed by atoms with Gasteiger partial charge in [0.05, 0.1) is 21.3 Å². The zero-order valence-corrected chi connectivity index (χ0v) is 9.79. The van der Waals surface area contributed by atoms with Crippen molar-refractivity contribution in [3.8, 4) is 17.2 Å². The first-order chi connectivity index (χ1) is 7.56. The molecule has 88 valence electrons. The average Bonchev–Trinajstić information content (AvgIpc) is 2.31. The van der Waals surface area contributed by atoms with E-state index in [4.69, 9.17) is 21.1 Å². The van der Waals surface area contributed by atoms with E-state index in [0.29, 0.717) is 0 Å². The van der Waals surface area contributed by atoms with E-state index in [2.05, 4.69) is 4.74 Å². The number of esters is 1. The van der Waals surface area contributed by atoms with E-state index in [1.807, 2.05) is 0 Å². The topological polar surface area (TPSA) is 65.0 Å². The monoisotopic (exact) mass is 246 g/mol. The van der Waals surface area contributed by atoms with Gasteiger partial charge in [0.2, 0.25) is 0 Å². The van der Waals surface area contributed by atoms with Gasteiger partial charge in [-0.05, 0) is 0 Å². The third kappa shape index (κ3) is 1.99. The predicted molar refractivity (Wildman–Crippen MR) is 57.6 cm³/mol. The van der Waals surface area contributed by atoms with Crippen LogP contribution in [0.15, 0.2) is 6.07 Å². The van der Waals surface area contributed by atoms with Gasteiger partial charge in [0.15, 0.2) is 5.75 Å². The molecule has 0 atom stereocenters. The van der Waals surface area contributed by atoms with Crippen LogP contribution in [0, 0.1) is 0 Å². The lowest BCUT2D eigenvalue weighted by atomic mass is 10.1. The number of ether oxygens (including phenoxy) is 3. The van der Waals surface area contributed by atoms with Crippen molar-refractivity contribution < 1.29 is 24.1 Å². The van der Waals surface area contributed by atoms with Crippen LogP contribution in [-0.2, 0) is 4.74 Å². The lowest BCUT2D eigenvalue weighted by Crippen LogP contribution is -2.05. The number of hydrogen-bond acceptors (Lipinski definition) is 5. The summed E-state index contributed by atoms with van der Waals surface area (Å²) >= 11 is 5.79. The van der Waals surface area contributed by atoms with Crippen LogP contribution in [0.1, 0.15) is 10.4 Å². The first-order valence-electron chi connectivity index (χ1n) is 4.28. The van der Waals surface area contributed by atoms with Gasteiger partial charge in [-0.1, -0.05) is 11.6 Å². The summed E-state index contributed by atoms with van der Waals surface area (Å²) in [5, 5.41) is 9.66. The molecule has 6 heteroatoms. The van der Waals surface area contributed by atoms with Crippen molar-refractivity contribution in [1.82, 2.24) is 0 Å². The second-order valence-corrected chi connectivity index (χ2v) is 3.19. The lowest BCUT2D eigenvalue weighted by Gasteiger charge is -2.12.